The van der Waals surface area contributed by atoms with Crippen LogP contribution in [0.3, 0.4) is 0 Å². The van der Waals surface area contributed by atoms with Crippen LogP contribution in [0.5, 0.6) is 0 Å². The molecule has 1 aliphatic heterocycles. The lowest BCUT2D eigenvalue weighted by Crippen LogP contribution is -2.47. The summed E-state index contributed by atoms with van der Waals surface area (Å²) in [4.78, 5) is 24.9. The summed E-state index contributed by atoms with van der Waals surface area (Å²) in [5, 5.41) is 14.2. The van der Waals surface area contributed by atoms with Gasteiger partial charge in [-0.3, -0.25) is 14.9 Å². The van der Waals surface area contributed by atoms with Crippen molar-refractivity contribution in [2.45, 2.75) is 25.3 Å². The third kappa shape index (κ3) is 3.99. The summed E-state index contributed by atoms with van der Waals surface area (Å²) in [6.45, 7) is 1.01. The number of anilines is 1. The van der Waals surface area contributed by atoms with Crippen molar-refractivity contribution in [3.05, 3.63) is 70.0 Å². The predicted molar refractivity (Wildman–Crippen MR) is 96.8 cm³/mol. The number of piperidine rings is 1. The zero-order valence-corrected chi connectivity index (χ0v) is 14.2. The van der Waals surface area contributed by atoms with Crippen LogP contribution < -0.4 is 10.2 Å². The fraction of sp³-hybridized carbons (Fsp3) is 0.316. The van der Waals surface area contributed by atoms with Gasteiger partial charge in [0.2, 0.25) is 0 Å². The molecule has 6 nitrogen and oxygen atoms in total. The van der Waals surface area contributed by atoms with E-state index < -0.39 is 10.7 Å². The van der Waals surface area contributed by atoms with E-state index in [4.69, 9.17) is 0 Å². The normalized spacial score (nSPS) is 17.0. The minimum atomic E-state index is -0.633. The fourth-order valence-corrected chi connectivity index (χ4v) is 3.32. The highest BCUT2D eigenvalue weighted by Crippen LogP contribution is 2.33. The summed E-state index contributed by atoms with van der Waals surface area (Å²) in [6, 6.07) is 12.5. The molecule has 1 saturated heterocycles. The van der Waals surface area contributed by atoms with Gasteiger partial charge in [-0.15, -0.1) is 0 Å². The summed E-state index contributed by atoms with van der Waals surface area (Å²) >= 11 is 0. The number of amides is 1. The first-order chi connectivity index (χ1) is 12.6. The molecule has 26 heavy (non-hydrogen) atoms. The van der Waals surface area contributed by atoms with Gasteiger partial charge in [-0.25, -0.2) is 4.39 Å². The average Bonchev–Trinajstić information content (AvgIpc) is 2.67. The second kappa shape index (κ2) is 7.95. The molecule has 0 saturated carbocycles. The van der Waals surface area contributed by atoms with Gasteiger partial charge in [0.15, 0.2) is 0 Å². The first-order valence-electron chi connectivity index (χ1n) is 8.60. The molecule has 1 heterocycles. The van der Waals surface area contributed by atoms with Crippen LogP contribution in [0.4, 0.5) is 15.8 Å². The van der Waals surface area contributed by atoms with Gasteiger partial charge >= 0.3 is 0 Å². The SMILES string of the molecule is O=C(NC[C@H]1CCCCN1c1ccc(F)cc1[N+](=O)[O-])c1ccccc1. The minimum Gasteiger partial charge on any atom is -0.361 e. The molecule has 2 aromatic rings. The number of hydrogen-bond donors (Lipinski definition) is 1. The Morgan fingerprint density at radius 1 is 1.23 bits per heavy atom. The largest absolute Gasteiger partial charge is 0.361 e. The van der Waals surface area contributed by atoms with Gasteiger partial charge in [0.05, 0.1) is 11.0 Å². The maximum Gasteiger partial charge on any atom is 0.295 e. The quantitative estimate of drug-likeness (QED) is 0.656. The lowest BCUT2D eigenvalue weighted by Gasteiger charge is -2.37. The maximum absolute atomic E-state index is 13.4. The van der Waals surface area contributed by atoms with Gasteiger partial charge in [-0.05, 0) is 43.5 Å². The molecule has 1 N–H and O–H groups in total. The monoisotopic (exact) mass is 357 g/mol. The second-order valence-electron chi connectivity index (χ2n) is 6.31. The van der Waals surface area contributed by atoms with E-state index in [1.807, 2.05) is 11.0 Å². The number of nitro groups is 1. The molecular formula is C19H20FN3O3. The molecule has 1 aliphatic rings. The number of benzene rings is 2. The molecule has 0 aliphatic carbocycles. The van der Waals surface area contributed by atoms with Crippen LogP contribution in [0.2, 0.25) is 0 Å². The molecular weight excluding hydrogens is 337 g/mol. The van der Waals surface area contributed by atoms with Crippen LogP contribution in [-0.4, -0.2) is 30.0 Å². The summed E-state index contributed by atoms with van der Waals surface area (Å²) in [7, 11) is 0. The zero-order chi connectivity index (χ0) is 18.5. The number of carbonyl (C=O) groups is 1. The molecule has 1 atom stereocenters. The second-order valence-corrected chi connectivity index (χ2v) is 6.31. The average molecular weight is 357 g/mol. The number of nitro benzene ring substituents is 1. The van der Waals surface area contributed by atoms with E-state index in [0.717, 1.165) is 25.3 Å². The Morgan fingerprint density at radius 2 is 2.00 bits per heavy atom. The maximum atomic E-state index is 13.4. The van der Waals surface area contributed by atoms with Crippen LogP contribution in [0.25, 0.3) is 0 Å². The molecule has 2 aromatic carbocycles. The van der Waals surface area contributed by atoms with Crippen LogP contribution in [0.1, 0.15) is 29.6 Å². The van der Waals surface area contributed by atoms with E-state index in [2.05, 4.69) is 5.32 Å². The van der Waals surface area contributed by atoms with Crippen molar-refractivity contribution < 1.29 is 14.1 Å². The number of nitrogens with one attached hydrogen (secondary N) is 1. The van der Waals surface area contributed by atoms with Gasteiger partial charge in [0.25, 0.3) is 11.6 Å². The van der Waals surface area contributed by atoms with E-state index >= 15 is 0 Å². The van der Waals surface area contributed by atoms with E-state index in [-0.39, 0.29) is 17.6 Å². The molecule has 0 bridgehead atoms. The summed E-state index contributed by atoms with van der Waals surface area (Å²) in [6.07, 6.45) is 2.69. The Labute approximate surface area is 150 Å². The molecule has 1 fully saturated rings. The predicted octanol–water partition coefficient (Wildman–Crippen LogP) is 3.52. The van der Waals surface area contributed by atoms with E-state index in [1.54, 1.807) is 24.3 Å². The van der Waals surface area contributed by atoms with Gasteiger partial charge < -0.3 is 10.2 Å². The van der Waals surface area contributed by atoms with E-state index in [0.29, 0.717) is 24.3 Å². The molecule has 0 radical (unpaired) electrons. The fourth-order valence-electron chi connectivity index (χ4n) is 3.32. The minimum absolute atomic E-state index is 0.0689. The lowest BCUT2D eigenvalue weighted by molar-refractivity contribution is -0.384. The summed E-state index contributed by atoms with van der Waals surface area (Å²) < 4.78 is 13.4. The number of hydrogen-bond acceptors (Lipinski definition) is 4. The molecule has 0 unspecified atom stereocenters. The van der Waals surface area contributed by atoms with Crippen LogP contribution in [0, 0.1) is 15.9 Å². The Balaban J connectivity index is 1.76. The molecule has 0 aromatic heterocycles. The number of carbonyl (C=O) groups excluding carboxylic acids is 1. The topological polar surface area (TPSA) is 75.5 Å². The Bertz CT molecular complexity index is 798. The molecule has 136 valence electrons. The molecule has 1 amide bonds. The third-order valence-corrected chi connectivity index (χ3v) is 4.60. The summed E-state index contributed by atoms with van der Waals surface area (Å²) in [5.41, 5.74) is 0.726. The number of rotatable bonds is 5. The van der Waals surface area contributed by atoms with Crippen molar-refractivity contribution >= 4 is 17.3 Å². The van der Waals surface area contributed by atoms with Crippen LogP contribution >= 0.6 is 0 Å². The number of halogens is 1. The third-order valence-electron chi connectivity index (χ3n) is 4.60. The number of nitrogens with zero attached hydrogens (tertiary/aromatic N) is 2. The zero-order valence-electron chi connectivity index (χ0n) is 14.2. The van der Waals surface area contributed by atoms with Crippen molar-refractivity contribution in [1.82, 2.24) is 5.32 Å². The standard InChI is InChI=1S/C19H20FN3O3/c20-15-9-10-17(18(12-15)23(25)26)22-11-5-4-8-16(22)13-21-19(24)14-6-2-1-3-7-14/h1-3,6-7,9-10,12,16H,4-5,8,11,13H2,(H,21,24)/t16-/m1/s1. The van der Waals surface area contributed by atoms with Gasteiger partial charge in [-0.1, -0.05) is 18.2 Å². The highest BCUT2D eigenvalue weighted by atomic mass is 19.1. The van der Waals surface area contributed by atoms with Crippen molar-refractivity contribution in [2.75, 3.05) is 18.0 Å². The molecule has 7 heteroatoms. The van der Waals surface area contributed by atoms with E-state index in [9.17, 15) is 19.3 Å². The van der Waals surface area contributed by atoms with E-state index in [1.165, 1.54) is 12.1 Å². The Kier molecular flexibility index (Phi) is 5.46. The van der Waals surface area contributed by atoms with Crippen molar-refractivity contribution in [2.24, 2.45) is 0 Å². The smallest absolute Gasteiger partial charge is 0.295 e. The highest BCUT2D eigenvalue weighted by molar-refractivity contribution is 5.94. The van der Waals surface area contributed by atoms with Gasteiger partial charge in [0, 0.05) is 24.7 Å². The van der Waals surface area contributed by atoms with Crippen molar-refractivity contribution in [1.29, 1.82) is 0 Å². The van der Waals surface area contributed by atoms with Gasteiger partial charge in [0.1, 0.15) is 11.5 Å². The first kappa shape index (κ1) is 17.8. The Morgan fingerprint density at radius 3 is 2.73 bits per heavy atom. The van der Waals surface area contributed by atoms with Crippen molar-refractivity contribution in [3.63, 3.8) is 0 Å². The summed E-state index contributed by atoms with van der Waals surface area (Å²) in [5.74, 6) is -0.809. The molecule has 3 rings (SSSR count). The molecule has 0 spiro atoms. The first-order valence-corrected chi connectivity index (χ1v) is 8.60. The van der Waals surface area contributed by atoms with Gasteiger partial charge in [-0.2, -0.15) is 0 Å². The highest BCUT2D eigenvalue weighted by Gasteiger charge is 2.28. The lowest BCUT2D eigenvalue weighted by atomic mass is 10.0. The van der Waals surface area contributed by atoms with Crippen molar-refractivity contribution in [3.8, 4) is 0 Å². The Hall–Kier alpha value is -2.96. The van der Waals surface area contributed by atoms with Crippen LogP contribution in [0.15, 0.2) is 48.5 Å². The van der Waals surface area contributed by atoms with Crippen LogP contribution in [-0.2, 0) is 0 Å².